The number of nitrogens with zero attached hydrogens (tertiary/aromatic N) is 3. The average Bonchev–Trinajstić information content (AvgIpc) is 2.72. The summed E-state index contributed by atoms with van der Waals surface area (Å²) in [5.74, 6) is 0.470. The summed E-state index contributed by atoms with van der Waals surface area (Å²) >= 11 is 5.89. The molecule has 1 aliphatic rings. The monoisotopic (exact) mass is 263 g/mol. The second kappa shape index (κ2) is 4.71. The summed E-state index contributed by atoms with van der Waals surface area (Å²) in [5.41, 5.74) is 2.68. The van der Waals surface area contributed by atoms with Gasteiger partial charge in [0.25, 0.3) is 0 Å². The summed E-state index contributed by atoms with van der Waals surface area (Å²) in [5, 5.41) is 18.3. The van der Waals surface area contributed by atoms with Crippen LogP contribution in [0.5, 0.6) is 0 Å². The molecule has 3 rings (SSSR count). The molecule has 1 saturated carbocycles. The fourth-order valence-corrected chi connectivity index (χ4v) is 2.42. The maximum Gasteiger partial charge on any atom is 0.112 e. The van der Waals surface area contributed by atoms with E-state index in [1.165, 1.54) is 6.42 Å². The molecule has 5 heteroatoms. The van der Waals surface area contributed by atoms with Gasteiger partial charge in [0.2, 0.25) is 0 Å². The van der Waals surface area contributed by atoms with E-state index in [0.717, 1.165) is 24.2 Å². The summed E-state index contributed by atoms with van der Waals surface area (Å²) in [6, 6.07) is 7.50. The summed E-state index contributed by atoms with van der Waals surface area (Å²) < 4.78 is 1.83. The van der Waals surface area contributed by atoms with Crippen molar-refractivity contribution in [1.29, 1.82) is 0 Å². The molecule has 2 aromatic rings. The predicted molar refractivity (Wildman–Crippen MR) is 68.9 cm³/mol. The number of aliphatic hydroxyl groups excluding tert-OH is 1. The number of benzene rings is 1. The molecule has 18 heavy (non-hydrogen) atoms. The van der Waals surface area contributed by atoms with Gasteiger partial charge in [-0.2, -0.15) is 0 Å². The van der Waals surface area contributed by atoms with Crippen molar-refractivity contribution in [2.75, 3.05) is 0 Å². The zero-order valence-corrected chi connectivity index (χ0v) is 10.6. The summed E-state index contributed by atoms with van der Waals surface area (Å²) in [6.07, 6.45) is 3.53. The molecule has 0 amide bonds. The minimum atomic E-state index is -0.0561. The van der Waals surface area contributed by atoms with Crippen LogP contribution in [0.15, 0.2) is 24.3 Å². The molecular weight excluding hydrogens is 250 g/mol. The van der Waals surface area contributed by atoms with Gasteiger partial charge in [-0.1, -0.05) is 23.2 Å². The van der Waals surface area contributed by atoms with Crippen LogP contribution >= 0.6 is 11.6 Å². The van der Waals surface area contributed by atoms with Crippen LogP contribution in [-0.4, -0.2) is 20.1 Å². The van der Waals surface area contributed by atoms with Crippen LogP contribution in [0.2, 0.25) is 5.02 Å². The first-order chi connectivity index (χ1) is 8.79. The second-order valence-electron chi connectivity index (χ2n) is 4.60. The second-order valence-corrected chi connectivity index (χ2v) is 5.03. The maximum absolute atomic E-state index is 9.35. The van der Waals surface area contributed by atoms with E-state index in [1.54, 1.807) is 0 Å². The van der Waals surface area contributed by atoms with Gasteiger partial charge in [0.05, 0.1) is 18.0 Å². The van der Waals surface area contributed by atoms with E-state index in [4.69, 9.17) is 11.6 Å². The van der Waals surface area contributed by atoms with Crippen molar-refractivity contribution in [3.63, 3.8) is 0 Å². The Bertz CT molecular complexity index is 546. The molecule has 1 N–H and O–H groups in total. The lowest BCUT2D eigenvalue weighted by atomic mass is 9.82. The highest BCUT2D eigenvalue weighted by molar-refractivity contribution is 6.30. The van der Waals surface area contributed by atoms with Crippen LogP contribution in [-0.2, 0) is 6.61 Å². The molecule has 0 aliphatic heterocycles. The van der Waals surface area contributed by atoms with Gasteiger partial charge in [-0.25, -0.2) is 4.68 Å². The Kier molecular flexibility index (Phi) is 3.06. The summed E-state index contributed by atoms with van der Waals surface area (Å²) in [7, 11) is 0. The molecule has 4 nitrogen and oxygen atoms in total. The van der Waals surface area contributed by atoms with Gasteiger partial charge >= 0.3 is 0 Å². The molecule has 0 radical (unpaired) electrons. The van der Waals surface area contributed by atoms with Gasteiger partial charge in [0, 0.05) is 10.9 Å². The minimum Gasteiger partial charge on any atom is -0.390 e. The van der Waals surface area contributed by atoms with Crippen molar-refractivity contribution < 1.29 is 5.11 Å². The Morgan fingerprint density at radius 3 is 2.56 bits per heavy atom. The van der Waals surface area contributed by atoms with Crippen molar-refractivity contribution in [3.05, 3.63) is 40.7 Å². The number of aliphatic hydroxyl groups is 1. The molecule has 1 aromatic carbocycles. The van der Waals surface area contributed by atoms with Crippen molar-refractivity contribution in [2.24, 2.45) is 0 Å². The lowest BCUT2D eigenvalue weighted by molar-refractivity contribution is 0.272. The minimum absolute atomic E-state index is 0.0561. The molecule has 94 valence electrons. The number of aromatic nitrogens is 3. The third-order valence-corrected chi connectivity index (χ3v) is 3.74. The Morgan fingerprint density at radius 2 is 2.00 bits per heavy atom. The van der Waals surface area contributed by atoms with Crippen LogP contribution in [0.1, 0.15) is 36.6 Å². The molecular formula is C13H14ClN3O. The lowest BCUT2D eigenvalue weighted by Crippen LogP contribution is -2.16. The Labute approximate surface area is 110 Å². The van der Waals surface area contributed by atoms with Crippen LogP contribution in [0, 0.1) is 0 Å². The van der Waals surface area contributed by atoms with E-state index >= 15 is 0 Å². The van der Waals surface area contributed by atoms with E-state index < -0.39 is 0 Å². The molecule has 0 spiro atoms. The normalized spacial score (nSPS) is 15.7. The highest BCUT2D eigenvalue weighted by atomic mass is 35.5. The fraction of sp³-hybridized carbons (Fsp3) is 0.385. The Morgan fingerprint density at radius 1 is 1.28 bits per heavy atom. The van der Waals surface area contributed by atoms with Crippen LogP contribution < -0.4 is 0 Å². The van der Waals surface area contributed by atoms with E-state index in [0.29, 0.717) is 16.6 Å². The number of halogens is 1. The molecule has 0 saturated heterocycles. The number of hydrogen-bond acceptors (Lipinski definition) is 3. The zero-order valence-electron chi connectivity index (χ0n) is 9.88. The van der Waals surface area contributed by atoms with Crippen molar-refractivity contribution in [3.8, 4) is 5.69 Å². The third-order valence-electron chi connectivity index (χ3n) is 3.49. The summed E-state index contributed by atoms with van der Waals surface area (Å²) in [4.78, 5) is 0. The van der Waals surface area contributed by atoms with Gasteiger partial charge in [0.1, 0.15) is 5.69 Å². The van der Waals surface area contributed by atoms with E-state index in [-0.39, 0.29) is 6.61 Å². The summed E-state index contributed by atoms with van der Waals surface area (Å²) in [6.45, 7) is -0.0561. The quantitative estimate of drug-likeness (QED) is 0.926. The molecule has 0 unspecified atom stereocenters. The van der Waals surface area contributed by atoms with Gasteiger partial charge in [-0.3, -0.25) is 0 Å². The van der Waals surface area contributed by atoms with Gasteiger partial charge in [0.15, 0.2) is 0 Å². The lowest BCUT2D eigenvalue weighted by Gasteiger charge is -2.26. The average molecular weight is 264 g/mol. The van der Waals surface area contributed by atoms with E-state index in [9.17, 15) is 5.11 Å². The first-order valence-corrected chi connectivity index (χ1v) is 6.48. The highest BCUT2D eigenvalue weighted by Crippen LogP contribution is 2.38. The topological polar surface area (TPSA) is 50.9 Å². The first kappa shape index (κ1) is 11.7. The van der Waals surface area contributed by atoms with Crippen LogP contribution in [0.3, 0.4) is 0 Å². The van der Waals surface area contributed by atoms with Crippen molar-refractivity contribution in [1.82, 2.24) is 15.0 Å². The SMILES string of the molecule is OCc1nnn(-c2ccc(Cl)cc2)c1C1CCC1. The van der Waals surface area contributed by atoms with Crippen LogP contribution in [0.25, 0.3) is 5.69 Å². The predicted octanol–water partition coefficient (Wildman–Crippen LogP) is 2.68. The molecule has 1 aromatic heterocycles. The molecule has 1 fully saturated rings. The van der Waals surface area contributed by atoms with Crippen LogP contribution in [0.4, 0.5) is 0 Å². The zero-order chi connectivity index (χ0) is 12.5. The molecule has 1 heterocycles. The molecule has 0 atom stereocenters. The Balaban J connectivity index is 2.05. The van der Waals surface area contributed by atoms with Gasteiger partial charge < -0.3 is 5.11 Å². The molecule has 1 aliphatic carbocycles. The Hall–Kier alpha value is -1.39. The van der Waals surface area contributed by atoms with Crippen molar-refractivity contribution >= 4 is 11.6 Å². The first-order valence-electron chi connectivity index (χ1n) is 6.11. The highest BCUT2D eigenvalue weighted by Gasteiger charge is 2.27. The fourth-order valence-electron chi connectivity index (χ4n) is 2.30. The third kappa shape index (κ3) is 1.91. The molecule has 0 bridgehead atoms. The van der Waals surface area contributed by atoms with Gasteiger partial charge in [-0.05, 0) is 37.1 Å². The van der Waals surface area contributed by atoms with E-state index in [2.05, 4.69) is 10.3 Å². The maximum atomic E-state index is 9.35. The van der Waals surface area contributed by atoms with Crippen molar-refractivity contribution in [2.45, 2.75) is 31.8 Å². The van der Waals surface area contributed by atoms with E-state index in [1.807, 2.05) is 28.9 Å². The number of hydrogen-bond donors (Lipinski definition) is 1. The largest absolute Gasteiger partial charge is 0.390 e. The van der Waals surface area contributed by atoms with Gasteiger partial charge in [-0.15, -0.1) is 5.10 Å². The standard InChI is InChI=1S/C13H14ClN3O/c14-10-4-6-11(7-5-10)17-13(9-2-1-3-9)12(8-18)15-16-17/h4-7,9,18H,1-3,8H2. The smallest absolute Gasteiger partial charge is 0.112 e. The number of rotatable bonds is 3.